The monoisotopic (exact) mass is 482 g/mol. The van der Waals surface area contributed by atoms with Crippen molar-refractivity contribution >= 4 is 33.6 Å². The number of hydrogen-bond acceptors (Lipinski definition) is 5. The van der Waals surface area contributed by atoms with Crippen molar-refractivity contribution in [3.8, 4) is 0 Å². The Morgan fingerprint density at radius 3 is 2.59 bits per heavy atom. The number of nitrogens with zero attached hydrogens (tertiary/aromatic N) is 2. The number of anilines is 1. The molecule has 34 heavy (non-hydrogen) atoms. The van der Waals surface area contributed by atoms with Crippen molar-refractivity contribution in [3.05, 3.63) is 59.7 Å². The summed E-state index contributed by atoms with van der Waals surface area (Å²) in [6.07, 6.45) is 3.71. The maximum absolute atomic E-state index is 13.4. The van der Waals surface area contributed by atoms with Gasteiger partial charge in [-0.2, -0.15) is 4.31 Å². The van der Waals surface area contributed by atoms with Gasteiger partial charge in [-0.3, -0.25) is 14.5 Å². The molecular weight excluding hydrogens is 456 g/mol. The number of carbonyl (C=O) groups is 3. The van der Waals surface area contributed by atoms with Gasteiger partial charge in [-0.15, -0.1) is 0 Å². The first-order chi connectivity index (χ1) is 16.3. The van der Waals surface area contributed by atoms with Crippen LogP contribution in [0.2, 0.25) is 0 Å². The quantitative estimate of drug-likeness (QED) is 0.634. The summed E-state index contributed by atoms with van der Waals surface area (Å²) < 4.78 is 27.1. The first-order valence-corrected chi connectivity index (χ1v) is 12.9. The Labute approximate surface area is 198 Å². The third-order valence-corrected chi connectivity index (χ3v) is 8.67. The van der Waals surface area contributed by atoms with Crippen LogP contribution in [0, 0.1) is 0 Å². The normalized spacial score (nSPS) is 22.6. The fourth-order valence-electron chi connectivity index (χ4n) is 5.11. The Balaban J connectivity index is 1.31. The second kappa shape index (κ2) is 8.52. The van der Waals surface area contributed by atoms with Crippen molar-refractivity contribution in [1.82, 2.24) is 14.5 Å². The zero-order chi connectivity index (χ0) is 23.9. The van der Waals surface area contributed by atoms with Crippen molar-refractivity contribution in [2.24, 2.45) is 0 Å². The lowest BCUT2D eigenvalue weighted by Gasteiger charge is -2.33. The van der Waals surface area contributed by atoms with Crippen LogP contribution in [0.3, 0.4) is 0 Å². The highest BCUT2D eigenvalue weighted by Gasteiger charge is 2.54. The maximum atomic E-state index is 13.4. The number of carbonyl (C=O) groups excluding carboxylic acids is 3. The van der Waals surface area contributed by atoms with Gasteiger partial charge in [0, 0.05) is 18.8 Å². The average molecular weight is 483 g/mol. The number of amides is 4. The highest BCUT2D eigenvalue weighted by Crippen LogP contribution is 2.39. The highest BCUT2D eigenvalue weighted by molar-refractivity contribution is 7.89. The lowest BCUT2D eigenvalue weighted by Crippen LogP contribution is -2.47. The molecule has 0 bridgehead atoms. The molecule has 2 saturated heterocycles. The number of aryl methyl sites for hydroxylation is 1. The number of sulfonamides is 1. The number of rotatable bonds is 5. The molecule has 10 heteroatoms. The minimum atomic E-state index is -3.63. The fraction of sp³-hybridized carbons (Fsp3) is 0.375. The smallest absolute Gasteiger partial charge is 0.324 e. The summed E-state index contributed by atoms with van der Waals surface area (Å²) in [5, 5.41) is 5.46. The van der Waals surface area contributed by atoms with Gasteiger partial charge in [0.1, 0.15) is 12.1 Å². The van der Waals surface area contributed by atoms with Gasteiger partial charge >= 0.3 is 6.03 Å². The van der Waals surface area contributed by atoms with Crippen LogP contribution < -0.4 is 10.6 Å². The zero-order valence-corrected chi connectivity index (χ0v) is 19.4. The third kappa shape index (κ3) is 3.76. The van der Waals surface area contributed by atoms with Crippen LogP contribution in [0.5, 0.6) is 0 Å². The molecule has 178 valence electrons. The first kappa shape index (κ1) is 22.5. The Kier molecular flexibility index (Phi) is 5.65. The van der Waals surface area contributed by atoms with E-state index in [1.807, 2.05) is 24.3 Å². The van der Waals surface area contributed by atoms with Gasteiger partial charge in [0.25, 0.3) is 5.91 Å². The van der Waals surface area contributed by atoms with Gasteiger partial charge < -0.3 is 10.6 Å². The SMILES string of the molecule is O=C(CN1C(=O)N[C@@]2(CCCc3ccccc32)C1=O)Nc1cccc(S(=O)(=O)N2CCCC2)c1. The molecule has 9 nitrogen and oxygen atoms in total. The van der Waals surface area contributed by atoms with E-state index in [0.717, 1.165) is 41.7 Å². The van der Waals surface area contributed by atoms with E-state index >= 15 is 0 Å². The van der Waals surface area contributed by atoms with Gasteiger partial charge in [0.15, 0.2) is 0 Å². The topological polar surface area (TPSA) is 116 Å². The molecule has 3 aliphatic rings. The molecule has 1 spiro atoms. The molecule has 2 N–H and O–H groups in total. The third-order valence-electron chi connectivity index (χ3n) is 6.77. The van der Waals surface area contributed by atoms with E-state index in [0.29, 0.717) is 19.5 Å². The van der Waals surface area contributed by atoms with Crippen molar-refractivity contribution in [3.63, 3.8) is 0 Å². The molecule has 2 aromatic carbocycles. The lowest BCUT2D eigenvalue weighted by atomic mass is 9.76. The Morgan fingerprint density at radius 2 is 1.79 bits per heavy atom. The van der Waals surface area contributed by atoms with Crippen molar-refractivity contribution in [2.45, 2.75) is 42.5 Å². The van der Waals surface area contributed by atoms with Gasteiger partial charge in [-0.05, 0) is 61.4 Å². The van der Waals surface area contributed by atoms with Crippen LogP contribution in [0.15, 0.2) is 53.4 Å². The largest absolute Gasteiger partial charge is 0.325 e. The fourth-order valence-corrected chi connectivity index (χ4v) is 6.67. The molecule has 0 unspecified atom stereocenters. The summed E-state index contributed by atoms with van der Waals surface area (Å²) in [5.41, 5.74) is 0.942. The molecule has 2 fully saturated rings. The lowest BCUT2D eigenvalue weighted by molar-refractivity contribution is -0.134. The Hall–Kier alpha value is -3.24. The number of fused-ring (bicyclic) bond motifs is 2. The highest BCUT2D eigenvalue weighted by atomic mass is 32.2. The summed E-state index contributed by atoms with van der Waals surface area (Å²) in [5.74, 6) is -1.02. The van der Waals surface area contributed by atoms with Crippen LogP contribution in [-0.2, 0) is 31.6 Å². The molecule has 1 aliphatic carbocycles. The van der Waals surface area contributed by atoms with Crippen LogP contribution in [0.25, 0.3) is 0 Å². The van der Waals surface area contributed by atoms with E-state index in [4.69, 9.17) is 0 Å². The van der Waals surface area contributed by atoms with Gasteiger partial charge in [-0.1, -0.05) is 30.3 Å². The predicted octanol–water partition coefficient (Wildman–Crippen LogP) is 2.19. The van der Waals surface area contributed by atoms with Gasteiger partial charge in [0.2, 0.25) is 15.9 Å². The molecular formula is C24H26N4O5S. The number of imide groups is 1. The summed E-state index contributed by atoms with van der Waals surface area (Å²) in [6, 6.07) is 13.0. The van der Waals surface area contributed by atoms with Crippen molar-refractivity contribution in [1.29, 1.82) is 0 Å². The summed E-state index contributed by atoms with van der Waals surface area (Å²) >= 11 is 0. The van der Waals surface area contributed by atoms with E-state index in [2.05, 4.69) is 10.6 Å². The minimum absolute atomic E-state index is 0.0972. The second-order valence-electron chi connectivity index (χ2n) is 8.92. The van der Waals surface area contributed by atoms with Crippen LogP contribution in [-0.4, -0.2) is 55.1 Å². The van der Waals surface area contributed by atoms with E-state index in [1.54, 1.807) is 12.1 Å². The summed E-state index contributed by atoms with van der Waals surface area (Å²) in [4.78, 5) is 39.8. The van der Waals surface area contributed by atoms with E-state index in [9.17, 15) is 22.8 Å². The minimum Gasteiger partial charge on any atom is -0.324 e. The first-order valence-electron chi connectivity index (χ1n) is 11.4. The molecule has 2 aliphatic heterocycles. The second-order valence-corrected chi connectivity index (χ2v) is 10.9. The Bertz CT molecular complexity index is 1270. The number of hydrogen-bond donors (Lipinski definition) is 2. The van der Waals surface area contributed by atoms with Crippen molar-refractivity contribution < 1.29 is 22.8 Å². The predicted molar refractivity (Wildman–Crippen MR) is 124 cm³/mol. The summed E-state index contributed by atoms with van der Waals surface area (Å²) in [6.45, 7) is 0.504. The van der Waals surface area contributed by atoms with E-state index in [-0.39, 0.29) is 10.6 Å². The summed E-state index contributed by atoms with van der Waals surface area (Å²) in [7, 11) is -3.63. The van der Waals surface area contributed by atoms with Crippen LogP contribution >= 0.6 is 0 Å². The van der Waals surface area contributed by atoms with Crippen molar-refractivity contribution in [2.75, 3.05) is 25.0 Å². The number of urea groups is 1. The van der Waals surface area contributed by atoms with E-state index in [1.165, 1.54) is 16.4 Å². The molecule has 0 radical (unpaired) electrons. The average Bonchev–Trinajstić information content (AvgIpc) is 3.45. The molecule has 0 saturated carbocycles. The molecule has 2 heterocycles. The van der Waals surface area contributed by atoms with Gasteiger partial charge in [0.05, 0.1) is 4.90 Å². The Morgan fingerprint density at radius 1 is 1.03 bits per heavy atom. The standard InChI is InChI=1S/C24H26N4O5S/c29-21(25-18-9-5-10-19(15-18)34(32,33)27-13-3-4-14-27)16-28-22(30)24(26-23(28)31)12-6-8-17-7-1-2-11-20(17)24/h1-2,5,7,9-11,15H,3-4,6,8,12-14,16H2,(H,25,29)(H,26,31)/t24-/m1/s1. The number of nitrogens with one attached hydrogen (secondary N) is 2. The van der Waals surface area contributed by atoms with Gasteiger partial charge in [-0.25, -0.2) is 13.2 Å². The molecule has 0 aromatic heterocycles. The zero-order valence-electron chi connectivity index (χ0n) is 18.6. The maximum Gasteiger partial charge on any atom is 0.325 e. The molecule has 1 atom stereocenters. The van der Waals surface area contributed by atoms with E-state index < -0.39 is 40.0 Å². The number of benzene rings is 2. The molecule has 2 aromatic rings. The molecule has 5 rings (SSSR count). The van der Waals surface area contributed by atoms with Crippen LogP contribution in [0.1, 0.15) is 36.8 Å². The molecule has 4 amide bonds. The van der Waals surface area contributed by atoms with Crippen LogP contribution in [0.4, 0.5) is 10.5 Å².